The lowest BCUT2D eigenvalue weighted by Crippen LogP contribution is -2.31. The summed E-state index contributed by atoms with van der Waals surface area (Å²) in [5, 5.41) is 7.61. The number of hydrogen-bond donors (Lipinski definition) is 2. The number of benzene rings is 2. The molecule has 0 aliphatic heterocycles. The summed E-state index contributed by atoms with van der Waals surface area (Å²) < 4.78 is 0. The number of hydrogen-bond acceptors (Lipinski definition) is 4. The number of nitrogens with one attached hydrogen (secondary N) is 2. The van der Waals surface area contributed by atoms with Crippen LogP contribution >= 0.6 is 23.1 Å². The van der Waals surface area contributed by atoms with Crippen LogP contribution in [0.15, 0.2) is 76.6 Å². The summed E-state index contributed by atoms with van der Waals surface area (Å²) in [6.45, 7) is 1.87. The van der Waals surface area contributed by atoms with Gasteiger partial charge in [-0.25, -0.2) is 0 Å². The molecule has 28 heavy (non-hydrogen) atoms. The molecule has 2 amide bonds. The van der Waals surface area contributed by atoms with Gasteiger partial charge in [-0.05, 0) is 54.5 Å². The van der Waals surface area contributed by atoms with Gasteiger partial charge in [0, 0.05) is 15.3 Å². The van der Waals surface area contributed by atoms with Crippen LogP contribution in [0, 0.1) is 6.92 Å². The molecule has 2 aromatic carbocycles. The van der Waals surface area contributed by atoms with Gasteiger partial charge in [-0.1, -0.05) is 36.4 Å². The van der Waals surface area contributed by atoms with Crippen molar-refractivity contribution in [3.8, 4) is 0 Å². The average Bonchev–Trinajstić information content (AvgIpc) is 3.21. The van der Waals surface area contributed by atoms with Crippen molar-refractivity contribution in [2.24, 2.45) is 0 Å². The van der Waals surface area contributed by atoms with Crippen molar-refractivity contribution >= 4 is 46.7 Å². The van der Waals surface area contributed by atoms with E-state index in [4.69, 9.17) is 0 Å². The Hall–Kier alpha value is -2.83. The van der Waals surface area contributed by atoms with E-state index in [9.17, 15) is 9.59 Å². The van der Waals surface area contributed by atoms with Crippen LogP contribution in [-0.2, 0) is 4.79 Å². The molecule has 3 aromatic rings. The third-order valence-electron chi connectivity index (χ3n) is 4.07. The highest BCUT2D eigenvalue weighted by Crippen LogP contribution is 2.25. The molecule has 0 bridgehead atoms. The first-order valence-electron chi connectivity index (χ1n) is 8.65. The highest BCUT2D eigenvalue weighted by Gasteiger charge is 2.17. The Morgan fingerprint density at radius 1 is 1.00 bits per heavy atom. The number of amides is 2. The van der Waals surface area contributed by atoms with Crippen LogP contribution in [0.25, 0.3) is 6.08 Å². The first-order chi connectivity index (χ1) is 13.6. The molecule has 142 valence electrons. The normalized spacial score (nSPS) is 11.1. The summed E-state index contributed by atoms with van der Waals surface area (Å²) in [7, 11) is 0. The van der Waals surface area contributed by atoms with Gasteiger partial charge in [0.1, 0.15) is 5.70 Å². The maximum atomic E-state index is 13.0. The van der Waals surface area contributed by atoms with Crippen molar-refractivity contribution in [2.45, 2.75) is 11.8 Å². The molecule has 0 aliphatic carbocycles. The second-order valence-corrected chi connectivity index (χ2v) is 7.82. The van der Waals surface area contributed by atoms with Gasteiger partial charge >= 0.3 is 0 Å². The molecule has 3 rings (SSSR count). The molecular formula is C22H20N2O2S2. The quantitative estimate of drug-likeness (QED) is 0.436. The monoisotopic (exact) mass is 408 g/mol. The number of carbonyl (C=O) groups is 2. The number of thioether (sulfide) groups is 1. The maximum Gasteiger partial charge on any atom is 0.272 e. The van der Waals surface area contributed by atoms with E-state index in [0.717, 1.165) is 15.3 Å². The summed E-state index contributed by atoms with van der Waals surface area (Å²) in [5.41, 5.74) is 2.30. The number of anilines is 1. The first kappa shape index (κ1) is 19.9. The van der Waals surface area contributed by atoms with Gasteiger partial charge < -0.3 is 10.6 Å². The minimum atomic E-state index is -0.364. The van der Waals surface area contributed by atoms with E-state index in [1.807, 2.05) is 67.1 Å². The Labute approximate surface area is 172 Å². The lowest BCUT2D eigenvalue weighted by Gasteiger charge is -2.13. The molecular weight excluding hydrogens is 388 g/mol. The minimum absolute atomic E-state index is 0.201. The van der Waals surface area contributed by atoms with Crippen molar-refractivity contribution < 1.29 is 9.59 Å². The Kier molecular flexibility index (Phi) is 6.68. The third-order valence-corrected chi connectivity index (χ3v) is 5.68. The molecule has 1 aromatic heterocycles. The zero-order valence-corrected chi connectivity index (χ0v) is 17.2. The van der Waals surface area contributed by atoms with Crippen LogP contribution in [0.4, 0.5) is 5.69 Å². The summed E-state index contributed by atoms with van der Waals surface area (Å²) in [6, 6.07) is 18.7. The van der Waals surface area contributed by atoms with E-state index < -0.39 is 0 Å². The van der Waals surface area contributed by atoms with Gasteiger partial charge in [0.05, 0.1) is 5.69 Å². The lowest BCUT2D eigenvalue weighted by atomic mass is 10.1. The molecule has 2 N–H and O–H groups in total. The van der Waals surface area contributed by atoms with Gasteiger partial charge in [-0.15, -0.1) is 23.1 Å². The lowest BCUT2D eigenvalue weighted by molar-refractivity contribution is -0.113. The van der Waals surface area contributed by atoms with Crippen LogP contribution < -0.4 is 10.6 Å². The standard InChI is InChI=1S/C22H20N2O2S2/c1-15-8-3-4-10-17(15)21(25)24-19(14-16-9-7-13-28-16)22(26)23-18-11-5-6-12-20(18)27-2/h3-14H,1-2H3,(H,23,26)(H,24,25)/b19-14-. The number of thiophene rings is 1. The first-order valence-corrected chi connectivity index (χ1v) is 10.8. The molecule has 1 heterocycles. The molecule has 4 nitrogen and oxygen atoms in total. The molecule has 0 saturated carbocycles. The highest BCUT2D eigenvalue weighted by atomic mass is 32.2. The number of carbonyl (C=O) groups excluding carboxylic acids is 2. The van der Waals surface area contributed by atoms with E-state index in [-0.39, 0.29) is 17.5 Å². The zero-order valence-electron chi connectivity index (χ0n) is 15.6. The number of para-hydroxylation sites is 1. The van der Waals surface area contributed by atoms with Crippen LogP contribution in [-0.4, -0.2) is 18.1 Å². The van der Waals surface area contributed by atoms with Crippen LogP contribution in [0.1, 0.15) is 20.8 Å². The molecule has 0 radical (unpaired) electrons. The van der Waals surface area contributed by atoms with Crippen molar-refractivity contribution in [3.05, 3.63) is 87.7 Å². The van der Waals surface area contributed by atoms with Gasteiger partial charge in [0.15, 0.2) is 0 Å². The van der Waals surface area contributed by atoms with Crippen molar-refractivity contribution in [1.82, 2.24) is 5.32 Å². The average molecular weight is 409 g/mol. The van der Waals surface area contributed by atoms with Crippen LogP contribution in [0.2, 0.25) is 0 Å². The maximum absolute atomic E-state index is 13.0. The fourth-order valence-electron chi connectivity index (χ4n) is 2.63. The van der Waals surface area contributed by atoms with E-state index in [0.29, 0.717) is 11.3 Å². The Morgan fingerprint density at radius 3 is 2.46 bits per heavy atom. The third kappa shape index (κ3) is 4.91. The summed E-state index contributed by atoms with van der Waals surface area (Å²) in [6.07, 6.45) is 3.64. The Balaban J connectivity index is 1.88. The molecule has 0 fully saturated rings. The predicted octanol–water partition coefficient (Wildman–Crippen LogP) is 5.19. The fraction of sp³-hybridized carbons (Fsp3) is 0.0909. The Morgan fingerprint density at radius 2 is 1.75 bits per heavy atom. The van der Waals surface area contributed by atoms with Crippen LogP contribution in [0.5, 0.6) is 0 Å². The highest BCUT2D eigenvalue weighted by molar-refractivity contribution is 7.98. The predicted molar refractivity (Wildman–Crippen MR) is 118 cm³/mol. The largest absolute Gasteiger partial charge is 0.320 e. The number of aryl methyl sites for hydroxylation is 1. The Bertz CT molecular complexity index is 1010. The molecule has 0 spiro atoms. The molecule has 6 heteroatoms. The number of rotatable bonds is 6. The van der Waals surface area contributed by atoms with E-state index in [1.165, 1.54) is 11.3 Å². The van der Waals surface area contributed by atoms with Crippen molar-refractivity contribution in [2.75, 3.05) is 11.6 Å². The fourth-order valence-corrected chi connectivity index (χ4v) is 3.84. The van der Waals surface area contributed by atoms with Gasteiger partial charge in [0.2, 0.25) is 0 Å². The molecule has 0 atom stereocenters. The zero-order chi connectivity index (χ0) is 19.9. The van der Waals surface area contributed by atoms with Gasteiger partial charge in [-0.3, -0.25) is 9.59 Å². The second kappa shape index (κ2) is 9.39. The molecule has 0 aliphatic rings. The minimum Gasteiger partial charge on any atom is -0.320 e. The topological polar surface area (TPSA) is 58.2 Å². The smallest absolute Gasteiger partial charge is 0.272 e. The summed E-state index contributed by atoms with van der Waals surface area (Å²) in [5.74, 6) is -0.675. The second-order valence-electron chi connectivity index (χ2n) is 6.00. The van der Waals surface area contributed by atoms with Crippen LogP contribution in [0.3, 0.4) is 0 Å². The van der Waals surface area contributed by atoms with Gasteiger partial charge in [0.25, 0.3) is 11.8 Å². The van der Waals surface area contributed by atoms with Crippen molar-refractivity contribution in [1.29, 1.82) is 0 Å². The molecule has 0 unspecified atom stereocenters. The molecule has 0 saturated heterocycles. The van der Waals surface area contributed by atoms with Gasteiger partial charge in [-0.2, -0.15) is 0 Å². The SMILES string of the molecule is CSc1ccccc1NC(=O)/C(=C/c1cccs1)NC(=O)c1ccccc1C. The summed E-state index contributed by atoms with van der Waals surface area (Å²) >= 11 is 3.04. The summed E-state index contributed by atoms with van der Waals surface area (Å²) in [4.78, 5) is 27.5. The van der Waals surface area contributed by atoms with Crippen molar-refractivity contribution in [3.63, 3.8) is 0 Å². The van der Waals surface area contributed by atoms with E-state index in [1.54, 1.807) is 30.0 Å². The van der Waals surface area contributed by atoms with E-state index >= 15 is 0 Å². The van der Waals surface area contributed by atoms with E-state index in [2.05, 4.69) is 10.6 Å².